The van der Waals surface area contributed by atoms with E-state index in [1.54, 1.807) is 0 Å². The number of hydrogen-bond donors (Lipinski definition) is 2. The molecule has 1 aliphatic heterocycles. The van der Waals surface area contributed by atoms with Crippen molar-refractivity contribution in [1.82, 2.24) is 10.2 Å². The van der Waals surface area contributed by atoms with Crippen LogP contribution in [-0.4, -0.2) is 42.1 Å². The third kappa shape index (κ3) is 2.74. The first kappa shape index (κ1) is 11.9. The smallest absolute Gasteiger partial charge is 0.254 e. The van der Waals surface area contributed by atoms with E-state index < -0.39 is 11.7 Å². The van der Waals surface area contributed by atoms with E-state index in [2.05, 4.69) is 10.2 Å². The van der Waals surface area contributed by atoms with Crippen molar-refractivity contribution in [1.29, 1.82) is 0 Å². The van der Waals surface area contributed by atoms with Gasteiger partial charge in [-0.2, -0.15) is 0 Å². The van der Waals surface area contributed by atoms with Crippen molar-refractivity contribution in [2.24, 2.45) is 0 Å². The monoisotopic (exact) mass is 238 g/mol. The molecule has 0 aliphatic carbocycles. The highest BCUT2D eigenvalue weighted by atomic mass is 19.1. The van der Waals surface area contributed by atoms with Crippen molar-refractivity contribution < 1.29 is 14.3 Å². The number of carbonyl (C=O) groups is 1. The summed E-state index contributed by atoms with van der Waals surface area (Å²) >= 11 is 0. The number of nitrogens with one attached hydrogen (secondary N) is 1. The standard InChI is InChI=1S/C12H15FN2O2/c1-15-5-4-8(7-15)14-12(17)10-3-2-9(16)6-11(10)13/h2-3,6,8,16H,4-5,7H2,1H3,(H,14,17). The molecule has 2 N–H and O–H groups in total. The molecule has 1 atom stereocenters. The number of halogens is 1. The third-order valence-corrected chi connectivity index (χ3v) is 2.92. The van der Waals surface area contributed by atoms with Crippen molar-refractivity contribution in [3.05, 3.63) is 29.6 Å². The highest BCUT2D eigenvalue weighted by molar-refractivity contribution is 5.94. The van der Waals surface area contributed by atoms with Gasteiger partial charge in [0.25, 0.3) is 5.91 Å². The number of aromatic hydroxyl groups is 1. The van der Waals surface area contributed by atoms with Gasteiger partial charge >= 0.3 is 0 Å². The first-order valence-electron chi connectivity index (χ1n) is 5.54. The lowest BCUT2D eigenvalue weighted by Gasteiger charge is -2.13. The molecule has 1 heterocycles. The van der Waals surface area contributed by atoms with Crippen molar-refractivity contribution >= 4 is 5.91 Å². The Kier molecular flexibility index (Phi) is 3.28. The zero-order valence-electron chi connectivity index (χ0n) is 9.61. The fourth-order valence-electron chi connectivity index (χ4n) is 2.00. The summed E-state index contributed by atoms with van der Waals surface area (Å²) in [4.78, 5) is 13.9. The minimum Gasteiger partial charge on any atom is -0.508 e. The molecule has 1 saturated heterocycles. The molecular weight excluding hydrogens is 223 g/mol. The Balaban J connectivity index is 2.04. The average molecular weight is 238 g/mol. The molecule has 2 rings (SSSR count). The second-order valence-electron chi connectivity index (χ2n) is 4.39. The van der Waals surface area contributed by atoms with Crippen LogP contribution in [-0.2, 0) is 0 Å². The molecule has 1 fully saturated rings. The molecule has 92 valence electrons. The van der Waals surface area contributed by atoms with Crippen LogP contribution in [0.4, 0.5) is 4.39 Å². The van der Waals surface area contributed by atoms with Crippen molar-refractivity contribution in [2.75, 3.05) is 20.1 Å². The van der Waals surface area contributed by atoms with Gasteiger partial charge in [0.2, 0.25) is 0 Å². The van der Waals surface area contributed by atoms with Crippen LogP contribution in [0.25, 0.3) is 0 Å². The molecule has 0 bridgehead atoms. The largest absolute Gasteiger partial charge is 0.508 e. The highest BCUT2D eigenvalue weighted by Gasteiger charge is 2.22. The predicted molar refractivity (Wildman–Crippen MR) is 61.4 cm³/mol. The lowest BCUT2D eigenvalue weighted by molar-refractivity contribution is 0.0934. The first-order chi connectivity index (χ1) is 8.06. The summed E-state index contributed by atoms with van der Waals surface area (Å²) in [6.45, 7) is 1.72. The van der Waals surface area contributed by atoms with E-state index in [1.165, 1.54) is 12.1 Å². The normalized spacial score (nSPS) is 20.5. The van der Waals surface area contributed by atoms with Crippen LogP contribution in [0.1, 0.15) is 16.8 Å². The molecule has 0 saturated carbocycles. The summed E-state index contributed by atoms with van der Waals surface area (Å²) < 4.78 is 13.4. The number of phenolic OH excluding ortho intramolecular Hbond substituents is 1. The minimum atomic E-state index is -0.700. The quantitative estimate of drug-likeness (QED) is 0.807. The Labute approximate surface area is 99.0 Å². The van der Waals surface area contributed by atoms with Gasteiger partial charge in [-0.15, -0.1) is 0 Å². The molecule has 0 aromatic heterocycles. The number of carbonyl (C=O) groups excluding carboxylic acids is 1. The fraction of sp³-hybridized carbons (Fsp3) is 0.417. The van der Waals surface area contributed by atoms with Crippen LogP contribution in [0.2, 0.25) is 0 Å². The summed E-state index contributed by atoms with van der Waals surface area (Å²) in [5.41, 5.74) is -0.0302. The second kappa shape index (κ2) is 4.71. The maximum atomic E-state index is 13.4. The maximum Gasteiger partial charge on any atom is 0.254 e. The summed E-state index contributed by atoms with van der Waals surface area (Å²) in [5.74, 6) is -1.31. The molecule has 0 spiro atoms. The Morgan fingerprint density at radius 1 is 1.59 bits per heavy atom. The number of rotatable bonds is 2. The SMILES string of the molecule is CN1CCC(NC(=O)c2ccc(O)cc2F)C1. The summed E-state index contributed by atoms with van der Waals surface area (Å²) in [6.07, 6.45) is 0.877. The number of likely N-dealkylation sites (tertiary alicyclic amines) is 1. The van der Waals surface area contributed by atoms with Crippen molar-refractivity contribution in [3.8, 4) is 5.75 Å². The van der Waals surface area contributed by atoms with Gasteiger partial charge in [-0.3, -0.25) is 4.79 Å². The molecule has 1 unspecified atom stereocenters. The van der Waals surface area contributed by atoms with Crippen LogP contribution in [0.3, 0.4) is 0 Å². The summed E-state index contributed by atoms with van der Waals surface area (Å²) in [5, 5.41) is 11.8. The number of nitrogens with zero attached hydrogens (tertiary/aromatic N) is 1. The molecule has 0 radical (unpaired) electrons. The predicted octanol–water partition coefficient (Wildman–Crippen LogP) is 0.965. The number of phenols is 1. The van der Waals surface area contributed by atoms with Crippen LogP contribution in [0.15, 0.2) is 18.2 Å². The third-order valence-electron chi connectivity index (χ3n) is 2.92. The van der Waals surface area contributed by atoms with Gasteiger partial charge in [0, 0.05) is 18.7 Å². The van der Waals surface area contributed by atoms with Gasteiger partial charge in [0.1, 0.15) is 11.6 Å². The average Bonchev–Trinajstić information content (AvgIpc) is 2.63. The molecule has 4 nitrogen and oxygen atoms in total. The number of likely N-dealkylation sites (N-methyl/N-ethyl adjacent to an activating group) is 1. The topological polar surface area (TPSA) is 52.6 Å². The number of benzene rings is 1. The van der Waals surface area contributed by atoms with Crippen LogP contribution < -0.4 is 5.32 Å². The van der Waals surface area contributed by atoms with Crippen molar-refractivity contribution in [3.63, 3.8) is 0 Å². The van der Waals surface area contributed by atoms with Gasteiger partial charge in [0.05, 0.1) is 5.56 Å². The number of hydrogen-bond acceptors (Lipinski definition) is 3. The highest BCUT2D eigenvalue weighted by Crippen LogP contribution is 2.15. The first-order valence-corrected chi connectivity index (χ1v) is 5.54. The molecular formula is C12H15FN2O2. The van der Waals surface area contributed by atoms with E-state index in [1.807, 2.05) is 7.05 Å². The molecule has 1 aromatic carbocycles. The van der Waals surface area contributed by atoms with E-state index in [9.17, 15) is 9.18 Å². The molecule has 1 amide bonds. The fourth-order valence-corrected chi connectivity index (χ4v) is 2.00. The zero-order valence-corrected chi connectivity index (χ0v) is 9.61. The second-order valence-corrected chi connectivity index (χ2v) is 4.39. The molecule has 1 aromatic rings. The molecule has 5 heteroatoms. The summed E-state index contributed by atoms with van der Waals surface area (Å²) in [7, 11) is 1.98. The van der Waals surface area contributed by atoms with Gasteiger partial charge < -0.3 is 15.3 Å². The Morgan fingerprint density at radius 2 is 2.35 bits per heavy atom. The van der Waals surface area contributed by atoms with Gasteiger partial charge in [-0.25, -0.2) is 4.39 Å². The lowest BCUT2D eigenvalue weighted by atomic mass is 10.1. The Hall–Kier alpha value is -1.62. The number of amides is 1. The minimum absolute atomic E-state index is 0.0302. The Morgan fingerprint density at radius 3 is 2.94 bits per heavy atom. The van der Waals surface area contributed by atoms with Gasteiger partial charge in [-0.1, -0.05) is 0 Å². The summed E-state index contributed by atoms with van der Waals surface area (Å²) in [6, 6.07) is 3.60. The lowest BCUT2D eigenvalue weighted by Crippen LogP contribution is -2.36. The zero-order chi connectivity index (χ0) is 12.4. The van der Waals surface area contributed by atoms with Crippen LogP contribution in [0.5, 0.6) is 5.75 Å². The van der Waals surface area contributed by atoms with Crippen LogP contribution in [0, 0.1) is 5.82 Å². The molecule has 17 heavy (non-hydrogen) atoms. The van der Waals surface area contributed by atoms with Gasteiger partial charge in [0.15, 0.2) is 0 Å². The van der Waals surface area contributed by atoms with E-state index in [4.69, 9.17) is 5.11 Å². The van der Waals surface area contributed by atoms with Gasteiger partial charge in [-0.05, 0) is 32.1 Å². The van der Waals surface area contributed by atoms with Crippen LogP contribution >= 0.6 is 0 Å². The molecule has 1 aliphatic rings. The van der Waals surface area contributed by atoms with E-state index in [0.29, 0.717) is 0 Å². The Bertz CT molecular complexity index is 437. The van der Waals surface area contributed by atoms with E-state index >= 15 is 0 Å². The van der Waals surface area contributed by atoms with E-state index in [0.717, 1.165) is 25.6 Å². The van der Waals surface area contributed by atoms with Crippen molar-refractivity contribution in [2.45, 2.75) is 12.5 Å². The van der Waals surface area contributed by atoms with E-state index in [-0.39, 0.29) is 17.4 Å². The maximum absolute atomic E-state index is 13.4.